The number of thiophene rings is 1. The topological polar surface area (TPSA) is 37.8 Å². The minimum absolute atomic E-state index is 0.918. The predicted molar refractivity (Wildman–Crippen MR) is 90.1 cm³/mol. The van der Waals surface area contributed by atoms with Gasteiger partial charge in [-0.3, -0.25) is 0 Å². The average molecular weight is 307 g/mol. The number of anilines is 1. The molecule has 20 heavy (non-hydrogen) atoms. The minimum Gasteiger partial charge on any atom is -0.372 e. The molecular formula is C15H21N3S2. The van der Waals surface area contributed by atoms with Gasteiger partial charge in [-0.2, -0.15) is 11.8 Å². The van der Waals surface area contributed by atoms with E-state index in [-0.39, 0.29) is 0 Å². The molecule has 108 valence electrons. The highest BCUT2D eigenvalue weighted by atomic mass is 32.2. The summed E-state index contributed by atoms with van der Waals surface area (Å²) < 4.78 is 0. The van der Waals surface area contributed by atoms with E-state index in [0.717, 1.165) is 17.4 Å². The first kappa shape index (κ1) is 14.1. The van der Waals surface area contributed by atoms with Crippen LogP contribution in [-0.4, -0.2) is 22.8 Å². The molecule has 0 atom stereocenters. The fourth-order valence-electron chi connectivity index (χ4n) is 2.75. The molecule has 0 saturated heterocycles. The molecule has 3 rings (SSSR count). The monoisotopic (exact) mass is 307 g/mol. The zero-order valence-corrected chi connectivity index (χ0v) is 13.8. The molecular weight excluding hydrogens is 286 g/mol. The Morgan fingerprint density at radius 2 is 2.10 bits per heavy atom. The van der Waals surface area contributed by atoms with E-state index in [1.807, 2.05) is 30.1 Å². The van der Waals surface area contributed by atoms with Crippen LogP contribution in [0.25, 0.3) is 10.2 Å². The van der Waals surface area contributed by atoms with Crippen LogP contribution in [-0.2, 0) is 18.6 Å². The van der Waals surface area contributed by atoms with Crippen molar-refractivity contribution >= 4 is 39.1 Å². The Labute approximate surface area is 128 Å². The van der Waals surface area contributed by atoms with E-state index in [4.69, 9.17) is 9.97 Å². The van der Waals surface area contributed by atoms with Crippen LogP contribution in [0.3, 0.4) is 0 Å². The van der Waals surface area contributed by atoms with Crippen molar-refractivity contribution < 1.29 is 0 Å². The summed E-state index contributed by atoms with van der Waals surface area (Å²) in [6.45, 7) is 2.21. The van der Waals surface area contributed by atoms with Crippen LogP contribution in [0.4, 0.5) is 5.82 Å². The van der Waals surface area contributed by atoms with Crippen molar-refractivity contribution in [2.24, 2.45) is 0 Å². The number of nitrogens with one attached hydrogen (secondary N) is 1. The number of aromatic nitrogens is 2. The van der Waals surface area contributed by atoms with Crippen molar-refractivity contribution in [3.8, 4) is 0 Å². The number of hydrogen-bond donors (Lipinski definition) is 1. The third-order valence-electron chi connectivity index (χ3n) is 3.68. The Kier molecular flexibility index (Phi) is 4.46. The van der Waals surface area contributed by atoms with Crippen LogP contribution < -0.4 is 5.32 Å². The summed E-state index contributed by atoms with van der Waals surface area (Å²) in [5.41, 5.74) is 1.51. The van der Waals surface area contributed by atoms with Crippen LogP contribution in [0.1, 0.15) is 42.5 Å². The highest BCUT2D eigenvalue weighted by molar-refractivity contribution is 7.98. The van der Waals surface area contributed by atoms with Crippen molar-refractivity contribution in [3.63, 3.8) is 0 Å². The standard InChI is InChI=1S/C15H21N3S2/c1-3-8-19-9-12-17-14(16-2)13-10-6-4-5-7-11(10)20-15(13)18-12/h3-9H2,1-2H3,(H,16,17,18). The van der Waals surface area contributed by atoms with E-state index in [1.165, 1.54) is 58.5 Å². The molecule has 3 nitrogen and oxygen atoms in total. The van der Waals surface area contributed by atoms with E-state index in [2.05, 4.69) is 12.2 Å². The normalized spacial score (nSPS) is 14.5. The lowest BCUT2D eigenvalue weighted by molar-refractivity contribution is 0.700. The first-order valence-electron chi connectivity index (χ1n) is 7.40. The maximum atomic E-state index is 4.81. The fourth-order valence-corrected chi connectivity index (χ4v) is 4.78. The molecule has 0 aromatic carbocycles. The average Bonchev–Trinajstić information content (AvgIpc) is 2.85. The summed E-state index contributed by atoms with van der Waals surface area (Å²) in [6, 6.07) is 0. The zero-order chi connectivity index (χ0) is 13.9. The highest BCUT2D eigenvalue weighted by Gasteiger charge is 2.20. The third-order valence-corrected chi connectivity index (χ3v) is 6.02. The number of rotatable bonds is 5. The number of hydrogen-bond acceptors (Lipinski definition) is 5. The van der Waals surface area contributed by atoms with E-state index < -0.39 is 0 Å². The molecule has 2 heterocycles. The van der Waals surface area contributed by atoms with Gasteiger partial charge >= 0.3 is 0 Å². The maximum Gasteiger partial charge on any atom is 0.142 e. The fraction of sp³-hybridized carbons (Fsp3) is 0.600. The summed E-state index contributed by atoms with van der Waals surface area (Å²) in [6.07, 6.45) is 6.24. The SMILES string of the molecule is CCCSCc1nc(NC)c2c3c(sc2n1)CCCC3. The quantitative estimate of drug-likeness (QED) is 0.838. The second-order valence-electron chi connectivity index (χ2n) is 5.18. The molecule has 0 unspecified atom stereocenters. The van der Waals surface area contributed by atoms with Gasteiger partial charge < -0.3 is 5.32 Å². The van der Waals surface area contributed by atoms with Gasteiger partial charge in [-0.15, -0.1) is 11.3 Å². The van der Waals surface area contributed by atoms with Crippen LogP contribution in [0.5, 0.6) is 0 Å². The molecule has 1 aliphatic carbocycles. The van der Waals surface area contributed by atoms with Crippen LogP contribution in [0.2, 0.25) is 0 Å². The molecule has 0 radical (unpaired) electrons. The lowest BCUT2D eigenvalue weighted by Crippen LogP contribution is -2.03. The number of nitrogens with zero attached hydrogens (tertiary/aromatic N) is 2. The van der Waals surface area contributed by atoms with Crippen molar-refractivity contribution in [2.75, 3.05) is 18.1 Å². The van der Waals surface area contributed by atoms with Crippen LogP contribution in [0, 0.1) is 0 Å². The smallest absolute Gasteiger partial charge is 0.142 e. The number of aryl methyl sites for hydroxylation is 2. The molecule has 2 aromatic heterocycles. The van der Waals surface area contributed by atoms with Gasteiger partial charge in [-0.25, -0.2) is 9.97 Å². The molecule has 0 saturated carbocycles. The maximum absolute atomic E-state index is 4.81. The minimum atomic E-state index is 0.918. The van der Waals surface area contributed by atoms with Gasteiger partial charge in [0.1, 0.15) is 16.5 Å². The van der Waals surface area contributed by atoms with Gasteiger partial charge in [0.05, 0.1) is 11.1 Å². The molecule has 0 fully saturated rings. The second-order valence-corrected chi connectivity index (χ2v) is 7.37. The number of thioether (sulfide) groups is 1. The predicted octanol–water partition coefficient (Wildman–Crippen LogP) is 4.26. The summed E-state index contributed by atoms with van der Waals surface area (Å²) in [4.78, 5) is 12.3. The zero-order valence-electron chi connectivity index (χ0n) is 12.2. The van der Waals surface area contributed by atoms with Gasteiger partial charge in [0.2, 0.25) is 0 Å². The van der Waals surface area contributed by atoms with Crippen LogP contribution >= 0.6 is 23.1 Å². The Balaban J connectivity index is 2.00. The molecule has 0 aliphatic heterocycles. The molecule has 1 aliphatic rings. The van der Waals surface area contributed by atoms with Crippen molar-refractivity contribution in [2.45, 2.75) is 44.8 Å². The lowest BCUT2D eigenvalue weighted by Gasteiger charge is -2.12. The van der Waals surface area contributed by atoms with E-state index in [1.54, 1.807) is 0 Å². The van der Waals surface area contributed by atoms with Gasteiger partial charge in [0.15, 0.2) is 0 Å². The van der Waals surface area contributed by atoms with Crippen molar-refractivity contribution in [1.82, 2.24) is 9.97 Å². The molecule has 0 spiro atoms. The van der Waals surface area contributed by atoms with E-state index in [9.17, 15) is 0 Å². The first-order valence-corrected chi connectivity index (χ1v) is 9.37. The van der Waals surface area contributed by atoms with Gasteiger partial charge in [0.25, 0.3) is 0 Å². The molecule has 0 bridgehead atoms. The second kappa shape index (κ2) is 6.31. The summed E-state index contributed by atoms with van der Waals surface area (Å²) in [5, 5.41) is 4.57. The summed E-state index contributed by atoms with van der Waals surface area (Å²) in [5.74, 6) is 4.10. The molecule has 1 N–H and O–H groups in total. The molecule has 5 heteroatoms. The Morgan fingerprint density at radius 1 is 1.25 bits per heavy atom. The Hall–Kier alpha value is -0.810. The van der Waals surface area contributed by atoms with Gasteiger partial charge in [-0.05, 0) is 43.4 Å². The third kappa shape index (κ3) is 2.66. The molecule has 2 aromatic rings. The largest absolute Gasteiger partial charge is 0.372 e. The van der Waals surface area contributed by atoms with Crippen LogP contribution in [0.15, 0.2) is 0 Å². The summed E-state index contributed by atoms with van der Waals surface area (Å²) in [7, 11) is 1.97. The first-order chi connectivity index (χ1) is 9.83. The lowest BCUT2D eigenvalue weighted by atomic mass is 9.97. The van der Waals surface area contributed by atoms with E-state index >= 15 is 0 Å². The molecule has 0 amide bonds. The van der Waals surface area contributed by atoms with Gasteiger partial charge in [-0.1, -0.05) is 6.92 Å². The Morgan fingerprint density at radius 3 is 2.90 bits per heavy atom. The summed E-state index contributed by atoms with van der Waals surface area (Å²) >= 11 is 3.80. The highest BCUT2D eigenvalue weighted by Crippen LogP contribution is 2.38. The van der Waals surface area contributed by atoms with Gasteiger partial charge in [0, 0.05) is 11.9 Å². The Bertz CT molecular complexity index is 607. The van der Waals surface area contributed by atoms with E-state index in [0.29, 0.717) is 0 Å². The number of fused-ring (bicyclic) bond motifs is 3. The van der Waals surface area contributed by atoms with Crippen molar-refractivity contribution in [1.29, 1.82) is 0 Å². The van der Waals surface area contributed by atoms with Crippen molar-refractivity contribution in [3.05, 3.63) is 16.3 Å².